The standard InChI is InChI=1S/C4H11O2P.Ca.2H/c1-3-4-7(2,5)6;;;/h3-4H2,1-2H3,(H,5,6);;;/q;+2;2*-1. The predicted molar refractivity (Wildman–Crippen MR) is 38.9 cm³/mol. The average molecular weight is 164 g/mol. The van der Waals surface area contributed by atoms with Gasteiger partial charge in [-0.3, -0.25) is 4.57 Å². The topological polar surface area (TPSA) is 37.3 Å². The first-order valence-corrected chi connectivity index (χ1v) is 4.65. The van der Waals surface area contributed by atoms with E-state index < -0.39 is 7.37 Å². The van der Waals surface area contributed by atoms with E-state index in [4.69, 9.17) is 4.89 Å². The Morgan fingerprint density at radius 1 is 1.75 bits per heavy atom. The van der Waals surface area contributed by atoms with Crippen molar-refractivity contribution in [1.29, 1.82) is 0 Å². The summed E-state index contributed by atoms with van der Waals surface area (Å²) in [5.74, 6) is 0. The van der Waals surface area contributed by atoms with Crippen molar-refractivity contribution < 1.29 is 12.3 Å². The molecule has 0 aromatic rings. The molecule has 0 heterocycles. The summed E-state index contributed by atoms with van der Waals surface area (Å²) in [7, 11) is -2.67. The van der Waals surface area contributed by atoms with Crippen molar-refractivity contribution in [3.8, 4) is 0 Å². The summed E-state index contributed by atoms with van der Waals surface area (Å²) in [4.78, 5) is 8.57. The fraction of sp³-hybridized carbons (Fsp3) is 1.00. The molecule has 0 aliphatic rings. The van der Waals surface area contributed by atoms with Gasteiger partial charge in [0.2, 0.25) is 0 Å². The molecule has 0 aliphatic carbocycles. The van der Waals surface area contributed by atoms with Gasteiger partial charge < -0.3 is 7.75 Å². The van der Waals surface area contributed by atoms with E-state index >= 15 is 0 Å². The van der Waals surface area contributed by atoms with Crippen molar-refractivity contribution in [2.45, 2.75) is 13.3 Å². The van der Waals surface area contributed by atoms with Crippen molar-refractivity contribution in [2.24, 2.45) is 0 Å². The van der Waals surface area contributed by atoms with E-state index in [0.29, 0.717) is 6.16 Å². The summed E-state index contributed by atoms with van der Waals surface area (Å²) in [6, 6.07) is 0. The third-order valence-corrected chi connectivity index (χ3v) is 1.92. The Hall–Kier alpha value is 1.45. The molecule has 0 radical (unpaired) electrons. The van der Waals surface area contributed by atoms with E-state index in [0.717, 1.165) is 6.42 Å². The van der Waals surface area contributed by atoms with Crippen molar-refractivity contribution >= 4 is 45.1 Å². The van der Waals surface area contributed by atoms with Gasteiger partial charge in [0, 0.05) is 12.8 Å². The fourth-order valence-electron chi connectivity index (χ4n) is 0.415. The van der Waals surface area contributed by atoms with Gasteiger partial charge in [0.25, 0.3) is 0 Å². The zero-order valence-corrected chi connectivity index (χ0v) is 8.53. The van der Waals surface area contributed by atoms with Crippen LogP contribution in [0.3, 0.4) is 0 Å². The van der Waals surface area contributed by atoms with E-state index in [9.17, 15) is 4.57 Å². The molecule has 2 nitrogen and oxygen atoms in total. The van der Waals surface area contributed by atoms with Crippen LogP contribution in [0.1, 0.15) is 16.2 Å². The zero-order chi connectivity index (χ0) is 5.91. The molecule has 0 saturated carbocycles. The maximum Gasteiger partial charge on any atom is 2.00 e. The Kier molecular flexibility index (Phi) is 7.98. The molecule has 0 aromatic heterocycles. The molecule has 0 bridgehead atoms. The smallest absolute Gasteiger partial charge is 1.00 e. The van der Waals surface area contributed by atoms with E-state index in [-0.39, 0.29) is 40.6 Å². The van der Waals surface area contributed by atoms with Gasteiger partial charge in [-0.1, -0.05) is 6.92 Å². The summed E-state index contributed by atoms with van der Waals surface area (Å²) in [5.41, 5.74) is 0. The SMILES string of the molecule is CCCP(C)(=O)O.[Ca+2].[H-].[H-]. The van der Waals surface area contributed by atoms with Crippen LogP contribution in [-0.2, 0) is 4.57 Å². The number of rotatable bonds is 2. The molecular formula is C4H13CaO2P. The second-order valence-corrected chi connectivity index (χ2v) is 4.32. The molecule has 0 aliphatic heterocycles. The minimum Gasteiger partial charge on any atom is -1.00 e. The maximum absolute atomic E-state index is 10.4. The van der Waals surface area contributed by atoms with Gasteiger partial charge in [0.05, 0.1) is 0 Å². The summed E-state index contributed by atoms with van der Waals surface area (Å²) >= 11 is 0. The van der Waals surface area contributed by atoms with Gasteiger partial charge in [-0.05, 0) is 6.42 Å². The van der Waals surface area contributed by atoms with E-state index in [1.807, 2.05) is 6.92 Å². The van der Waals surface area contributed by atoms with Crippen LogP contribution >= 0.6 is 7.37 Å². The summed E-state index contributed by atoms with van der Waals surface area (Å²) in [5, 5.41) is 0. The minimum absolute atomic E-state index is 0. The molecule has 0 aromatic carbocycles. The van der Waals surface area contributed by atoms with E-state index in [1.165, 1.54) is 6.66 Å². The normalized spacial score (nSPS) is 16.4. The Morgan fingerprint density at radius 3 is 2.12 bits per heavy atom. The van der Waals surface area contributed by atoms with Gasteiger partial charge in [-0.15, -0.1) is 0 Å². The Balaban J connectivity index is -0.0000000600. The van der Waals surface area contributed by atoms with Gasteiger partial charge in [0.15, 0.2) is 7.37 Å². The largest absolute Gasteiger partial charge is 2.00 e. The van der Waals surface area contributed by atoms with E-state index in [2.05, 4.69) is 0 Å². The van der Waals surface area contributed by atoms with Crippen LogP contribution in [0.2, 0.25) is 0 Å². The molecule has 0 amide bonds. The maximum atomic E-state index is 10.4. The predicted octanol–water partition coefficient (Wildman–Crippen LogP) is 1.14. The van der Waals surface area contributed by atoms with Crippen molar-refractivity contribution in [3.05, 3.63) is 0 Å². The van der Waals surface area contributed by atoms with Gasteiger partial charge in [-0.2, -0.15) is 0 Å². The molecule has 1 unspecified atom stereocenters. The van der Waals surface area contributed by atoms with Crippen LogP contribution in [-0.4, -0.2) is 55.5 Å². The monoisotopic (exact) mass is 164 g/mol. The Labute approximate surface area is 83.1 Å². The molecule has 48 valence electrons. The number of hydrogen-bond donors (Lipinski definition) is 1. The van der Waals surface area contributed by atoms with Crippen molar-refractivity contribution in [2.75, 3.05) is 12.8 Å². The third kappa shape index (κ3) is 10.4. The van der Waals surface area contributed by atoms with Crippen molar-refractivity contribution in [1.82, 2.24) is 0 Å². The molecule has 0 spiro atoms. The van der Waals surface area contributed by atoms with Crippen LogP contribution in [0, 0.1) is 0 Å². The van der Waals surface area contributed by atoms with Crippen LogP contribution in [0.4, 0.5) is 0 Å². The first kappa shape index (κ1) is 12.2. The fourth-order valence-corrected chi connectivity index (χ4v) is 1.24. The molecular weight excluding hydrogens is 151 g/mol. The molecule has 1 atom stereocenters. The van der Waals surface area contributed by atoms with Crippen molar-refractivity contribution in [3.63, 3.8) is 0 Å². The van der Waals surface area contributed by atoms with Gasteiger partial charge in [0.1, 0.15) is 0 Å². The molecule has 0 fully saturated rings. The molecule has 4 heteroatoms. The van der Waals surface area contributed by atoms with Gasteiger partial charge >= 0.3 is 37.7 Å². The Morgan fingerprint density at radius 2 is 2.12 bits per heavy atom. The van der Waals surface area contributed by atoms with Crippen LogP contribution in [0.25, 0.3) is 0 Å². The molecule has 1 N–H and O–H groups in total. The quantitative estimate of drug-likeness (QED) is 0.491. The van der Waals surface area contributed by atoms with Crippen LogP contribution in [0.15, 0.2) is 0 Å². The van der Waals surface area contributed by atoms with Crippen LogP contribution < -0.4 is 0 Å². The minimum atomic E-state index is -2.67. The molecule has 0 rings (SSSR count). The summed E-state index contributed by atoms with van der Waals surface area (Å²) in [6.45, 7) is 3.28. The molecule has 0 saturated heterocycles. The first-order chi connectivity index (χ1) is 3.06. The second-order valence-electron chi connectivity index (χ2n) is 1.77. The Bertz CT molecular complexity index is 95.3. The molecule has 8 heavy (non-hydrogen) atoms. The van der Waals surface area contributed by atoms with Gasteiger partial charge in [-0.25, -0.2) is 0 Å². The van der Waals surface area contributed by atoms with Crippen LogP contribution in [0.5, 0.6) is 0 Å². The average Bonchev–Trinajstić information content (AvgIpc) is 1.30. The number of hydrogen-bond acceptors (Lipinski definition) is 1. The summed E-state index contributed by atoms with van der Waals surface area (Å²) in [6.07, 6.45) is 1.25. The van der Waals surface area contributed by atoms with E-state index in [1.54, 1.807) is 0 Å². The summed E-state index contributed by atoms with van der Waals surface area (Å²) < 4.78 is 10.4. The zero-order valence-electron chi connectivity index (χ0n) is 7.42. The third-order valence-electron chi connectivity index (χ3n) is 0.639. The second kappa shape index (κ2) is 5.25. The first-order valence-electron chi connectivity index (χ1n) is 2.35.